The van der Waals surface area contributed by atoms with E-state index in [2.05, 4.69) is 4.98 Å². The average Bonchev–Trinajstić information content (AvgIpc) is 2.46. The van der Waals surface area contributed by atoms with E-state index in [1.807, 2.05) is 19.0 Å². The van der Waals surface area contributed by atoms with Crippen LogP contribution in [0.5, 0.6) is 0 Å². The van der Waals surface area contributed by atoms with Crippen LogP contribution in [0.2, 0.25) is 0 Å². The minimum atomic E-state index is -0.871. The Morgan fingerprint density at radius 1 is 1.52 bits per heavy atom. The lowest BCUT2D eigenvalue weighted by Gasteiger charge is -2.34. The molecular weight excluding hydrogens is 290 g/mol. The quantitative estimate of drug-likeness (QED) is 0.900. The summed E-state index contributed by atoms with van der Waals surface area (Å²) >= 11 is 1.69. The average molecular weight is 309 g/mol. The van der Waals surface area contributed by atoms with Crippen LogP contribution < -0.4 is 4.90 Å². The summed E-state index contributed by atoms with van der Waals surface area (Å²) < 4.78 is 0. The zero-order chi connectivity index (χ0) is 15.4. The van der Waals surface area contributed by atoms with E-state index in [1.54, 1.807) is 35.0 Å². The van der Waals surface area contributed by atoms with Crippen LogP contribution in [0.25, 0.3) is 0 Å². The molecule has 1 amide bonds. The Labute approximate surface area is 128 Å². The molecule has 1 N–H and O–H groups in total. The first-order chi connectivity index (χ1) is 9.99. The second kappa shape index (κ2) is 6.80. The summed E-state index contributed by atoms with van der Waals surface area (Å²) in [5.74, 6) is 1.23. The van der Waals surface area contributed by atoms with Crippen molar-refractivity contribution in [2.24, 2.45) is 0 Å². The molecule has 6 nitrogen and oxygen atoms in total. The van der Waals surface area contributed by atoms with Gasteiger partial charge in [0.25, 0.3) is 5.91 Å². The van der Waals surface area contributed by atoms with Gasteiger partial charge in [0.1, 0.15) is 5.82 Å². The Balaban J connectivity index is 2.20. The first-order valence-electron chi connectivity index (χ1n) is 6.73. The number of nitrogens with zero attached hydrogens (tertiary/aromatic N) is 3. The topological polar surface area (TPSA) is 73.7 Å². The number of pyridine rings is 1. The number of carbonyl (C=O) groups is 2. The molecule has 1 aromatic heterocycles. The Hall–Kier alpha value is -1.76. The monoisotopic (exact) mass is 309 g/mol. The van der Waals surface area contributed by atoms with Crippen molar-refractivity contribution >= 4 is 29.5 Å². The van der Waals surface area contributed by atoms with Crippen LogP contribution in [0.4, 0.5) is 5.82 Å². The van der Waals surface area contributed by atoms with Gasteiger partial charge in [-0.1, -0.05) is 0 Å². The highest BCUT2D eigenvalue weighted by atomic mass is 32.2. The number of amides is 1. The van der Waals surface area contributed by atoms with Crippen molar-refractivity contribution in [3.05, 3.63) is 23.9 Å². The lowest BCUT2D eigenvalue weighted by Crippen LogP contribution is -2.47. The first-order valence-corrected chi connectivity index (χ1v) is 7.88. The van der Waals surface area contributed by atoms with E-state index >= 15 is 0 Å². The zero-order valence-electron chi connectivity index (χ0n) is 12.2. The van der Waals surface area contributed by atoms with E-state index < -0.39 is 5.97 Å². The number of carboxylic acid groups (broad SMARTS) is 1. The summed E-state index contributed by atoms with van der Waals surface area (Å²) in [4.78, 5) is 31.3. The summed E-state index contributed by atoms with van der Waals surface area (Å²) in [6.45, 7) is 0.584. The lowest BCUT2D eigenvalue weighted by molar-refractivity contribution is -0.138. The van der Waals surface area contributed by atoms with E-state index in [1.165, 1.54) is 0 Å². The van der Waals surface area contributed by atoms with Crippen LogP contribution in [0.15, 0.2) is 18.3 Å². The molecule has 0 spiro atoms. The number of aliphatic carboxylic acids is 1. The Morgan fingerprint density at radius 2 is 2.29 bits per heavy atom. The highest BCUT2D eigenvalue weighted by molar-refractivity contribution is 7.99. The smallest absolute Gasteiger partial charge is 0.305 e. The summed E-state index contributed by atoms with van der Waals surface area (Å²) in [6, 6.07) is 3.17. The second-order valence-electron chi connectivity index (χ2n) is 5.12. The Morgan fingerprint density at radius 3 is 2.95 bits per heavy atom. The molecule has 1 fully saturated rings. The molecular formula is C14H19N3O3S. The molecule has 0 aliphatic carbocycles. The summed E-state index contributed by atoms with van der Waals surface area (Å²) in [6.07, 6.45) is 1.60. The van der Waals surface area contributed by atoms with Crippen molar-refractivity contribution in [2.75, 3.05) is 37.0 Å². The molecule has 1 unspecified atom stereocenters. The number of anilines is 1. The molecule has 0 aromatic carbocycles. The van der Waals surface area contributed by atoms with Crippen molar-refractivity contribution < 1.29 is 14.7 Å². The lowest BCUT2D eigenvalue weighted by atomic mass is 10.1. The number of thioether (sulfide) groups is 1. The molecule has 21 heavy (non-hydrogen) atoms. The highest BCUT2D eigenvalue weighted by Gasteiger charge is 2.29. The molecule has 114 valence electrons. The molecule has 7 heteroatoms. The van der Waals surface area contributed by atoms with E-state index in [9.17, 15) is 9.59 Å². The number of carbonyl (C=O) groups excluding carboxylic acids is 1. The summed E-state index contributed by atoms with van der Waals surface area (Å²) in [5.41, 5.74) is 0.552. The Kier molecular flexibility index (Phi) is 5.06. The van der Waals surface area contributed by atoms with Gasteiger partial charge in [-0.25, -0.2) is 4.98 Å². The molecule has 0 radical (unpaired) electrons. The minimum absolute atomic E-state index is 0.00956. The van der Waals surface area contributed by atoms with Gasteiger partial charge in [-0.3, -0.25) is 9.59 Å². The molecule has 1 atom stereocenters. The Bertz CT molecular complexity index is 536. The maximum absolute atomic E-state index is 12.6. The fraction of sp³-hybridized carbons (Fsp3) is 0.500. The van der Waals surface area contributed by atoms with Crippen molar-refractivity contribution in [3.8, 4) is 0 Å². The minimum Gasteiger partial charge on any atom is -0.481 e. The van der Waals surface area contributed by atoms with Crippen molar-refractivity contribution in [1.82, 2.24) is 9.88 Å². The third-order valence-electron chi connectivity index (χ3n) is 3.35. The van der Waals surface area contributed by atoms with E-state index in [4.69, 9.17) is 5.11 Å². The van der Waals surface area contributed by atoms with E-state index in [0.29, 0.717) is 23.7 Å². The maximum Gasteiger partial charge on any atom is 0.305 e. The second-order valence-corrected chi connectivity index (χ2v) is 6.27. The van der Waals surface area contributed by atoms with Gasteiger partial charge in [0.2, 0.25) is 0 Å². The molecule has 1 aliphatic heterocycles. The summed E-state index contributed by atoms with van der Waals surface area (Å²) in [7, 11) is 3.72. The normalized spacial score (nSPS) is 18.4. The molecule has 0 saturated carbocycles. The van der Waals surface area contributed by atoms with Crippen LogP contribution in [-0.2, 0) is 4.79 Å². The largest absolute Gasteiger partial charge is 0.481 e. The number of hydrogen-bond donors (Lipinski definition) is 1. The zero-order valence-corrected chi connectivity index (χ0v) is 13.0. The maximum atomic E-state index is 12.6. The van der Waals surface area contributed by atoms with Crippen molar-refractivity contribution in [3.63, 3.8) is 0 Å². The molecule has 1 aromatic rings. The highest BCUT2D eigenvalue weighted by Crippen LogP contribution is 2.22. The predicted octanol–water partition coefficient (Wildman–Crippen LogP) is 1.18. The first kappa shape index (κ1) is 15.6. The van der Waals surface area contributed by atoms with E-state index in [0.717, 1.165) is 5.75 Å². The predicted molar refractivity (Wildman–Crippen MR) is 83.0 cm³/mol. The van der Waals surface area contributed by atoms with Gasteiger partial charge >= 0.3 is 5.97 Å². The van der Waals surface area contributed by atoms with Gasteiger partial charge < -0.3 is 14.9 Å². The molecule has 0 bridgehead atoms. The SMILES string of the molecule is CN(C)c1cc(C(=O)N2CCSCC2CC(=O)O)ccn1. The van der Waals surface area contributed by atoms with Gasteiger partial charge in [0.05, 0.1) is 12.5 Å². The fourth-order valence-electron chi connectivity index (χ4n) is 2.25. The van der Waals surface area contributed by atoms with Gasteiger partial charge in [0.15, 0.2) is 0 Å². The van der Waals surface area contributed by atoms with Crippen LogP contribution in [0, 0.1) is 0 Å². The molecule has 2 rings (SSSR count). The number of hydrogen-bond acceptors (Lipinski definition) is 5. The van der Waals surface area contributed by atoms with Crippen LogP contribution in [0.3, 0.4) is 0 Å². The number of aromatic nitrogens is 1. The van der Waals surface area contributed by atoms with Gasteiger partial charge in [-0.2, -0.15) is 11.8 Å². The fourth-order valence-corrected chi connectivity index (χ4v) is 3.32. The third kappa shape index (κ3) is 3.87. The molecule has 1 saturated heterocycles. The van der Waals surface area contributed by atoms with Crippen LogP contribution in [-0.4, -0.2) is 65.1 Å². The standard InChI is InChI=1S/C14H19N3O3S/c1-16(2)12-7-10(3-4-15-12)14(20)17-5-6-21-9-11(17)8-13(18)19/h3-4,7,11H,5-6,8-9H2,1-2H3,(H,18,19). The van der Waals surface area contributed by atoms with E-state index in [-0.39, 0.29) is 18.4 Å². The van der Waals surface area contributed by atoms with Gasteiger partial charge in [-0.15, -0.1) is 0 Å². The van der Waals surface area contributed by atoms with Crippen molar-refractivity contribution in [1.29, 1.82) is 0 Å². The van der Waals surface area contributed by atoms with Crippen molar-refractivity contribution in [2.45, 2.75) is 12.5 Å². The van der Waals surface area contributed by atoms with Gasteiger partial charge in [0, 0.05) is 43.9 Å². The number of rotatable bonds is 4. The summed E-state index contributed by atoms with van der Waals surface area (Å²) in [5, 5.41) is 8.99. The molecule has 2 heterocycles. The van der Waals surface area contributed by atoms with Crippen LogP contribution >= 0.6 is 11.8 Å². The molecule has 1 aliphatic rings. The van der Waals surface area contributed by atoms with Crippen LogP contribution in [0.1, 0.15) is 16.8 Å². The third-order valence-corrected chi connectivity index (χ3v) is 4.44. The number of carboxylic acids is 1. The van der Waals surface area contributed by atoms with Gasteiger partial charge in [-0.05, 0) is 12.1 Å².